The average Bonchev–Trinajstić information content (AvgIpc) is 1.41. The summed E-state index contributed by atoms with van der Waals surface area (Å²) in [4.78, 5) is 0. The molecule has 0 heterocycles. The van der Waals surface area contributed by atoms with Crippen LogP contribution in [0.2, 0.25) is 0 Å². The number of rotatable bonds is 0. The first kappa shape index (κ1) is 44.2. The maximum atomic E-state index is 8.97. The Morgan fingerprint density at radius 1 is 0.579 bits per heavy atom. The van der Waals surface area contributed by atoms with Crippen molar-refractivity contribution in [1.82, 2.24) is 0 Å². The van der Waals surface area contributed by atoms with Crippen molar-refractivity contribution in [2.75, 3.05) is 0 Å². The van der Waals surface area contributed by atoms with Gasteiger partial charge in [0, 0.05) is 0 Å². The molecule has 0 aromatic carbocycles. The summed E-state index contributed by atoms with van der Waals surface area (Å²) >= 11 is -17.0. The Balaban J connectivity index is -0.0000000206. The van der Waals surface area contributed by atoms with E-state index < -0.39 is 60.2 Å². The van der Waals surface area contributed by atoms with E-state index in [4.69, 9.17) is 39.5 Å². The summed E-state index contributed by atoms with van der Waals surface area (Å²) in [5.74, 6) is 0. The monoisotopic (exact) mass is 652 g/mol. The molecule has 96 valence electrons. The second-order valence-electron chi connectivity index (χ2n) is 1.45. The van der Waals surface area contributed by atoms with Gasteiger partial charge in [0.25, 0.3) is 0 Å². The van der Waals surface area contributed by atoms with Crippen molar-refractivity contribution in [3.63, 3.8) is 0 Å². The summed E-state index contributed by atoms with van der Waals surface area (Å²) in [5, 5.41) is 0. The predicted octanol–water partition coefficient (Wildman–Crippen LogP) is -21.0. The first-order valence-corrected chi connectivity index (χ1v) is 15.3. The molecule has 0 radical (unpaired) electrons. The molecule has 0 saturated carbocycles. The van der Waals surface area contributed by atoms with Gasteiger partial charge in [-0.05, 0) is 0 Å². The van der Waals surface area contributed by atoms with E-state index in [2.05, 4.69) is 0 Å². The first-order chi connectivity index (χ1) is 6.00. The topological polar surface area (TPSA) is 245 Å². The molecular weight excluding hydrogens is 649 g/mol. The van der Waals surface area contributed by atoms with Gasteiger partial charge in [-0.2, -0.15) is 0 Å². The summed E-state index contributed by atoms with van der Waals surface area (Å²) in [6, 6.07) is 0. The van der Waals surface area contributed by atoms with E-state index >= 15 is 0 Å². The third-order valence-corrected chi connectivity index (χ3v) is 0. The Hall–Kier alpha value is 5.49. The van der Waals surface area contributed by atoms with Crippen LogP contribution in [0.4, 0.5) is 0 Å². The normalized spacial score (nSPS) is 9.32. The Morgan fingerprint density at radius 2 is 0.579 bits per heavy atom. The molecule has 19 heteroatoms. The summed E-state index contributed by atoms with van der Waals surface area (Å²) < 4.78 is 97.4. The molecule has 0 bridgehead atoms. The van der Waals surface area contributed by atoms with Gasteiger partial charge in [-0.15, -0.1) is 0 Å². The van der Waals surface area contributed by atoms with Gasteiger partial charge in [0.15, 0.2) is 0 Å². The van der Waals surface area contributed by atoms with E-state index in [1.54, 1.807) is 0 Å². The predicted molar refractivity (Wildman–Crippen MR) is 30.4 cm³/mol. The fourth-order valence-electron chi connectivity index (χ4n) is 0. The van der Waals surface area contributed by atoms with Crippen LogP contribution in [0.25, 0.3) is 0 Å². The van der Waals surface area contributed by atoms with E-state index in [1.165, 1.54) is 0 Å². The van der Waals surface area contributed by atoms with Crippen molar-refractivity contribution in [3.8, 4) is 0 Å². The Bertz CT molecular complexity index is 211. The van der Waals surface area contributed by atoms with Crippen LogP contribution in [0.3, 0.4) is 0 Å². The second kappa shape index (κ2) is 21.5. The van der Waals surface area contributed by atoms with Gasteiger partial charge in [0.05, 0.1) is 0 Å². The fourth-order valence-corrected chi connectivity index (χ4v) is 0. The van der Waals surface area contributed by atoms with Gasteiger partial charge in [0.1, 0.15) is 0 Å². The molecule has 0 amide bonds. The van der Waals surface area contributed by atoms with Gasteiger partial charge in [-0.3, -0.25) is 0 Å². The standard InChI is InChI=1S/4Na.5H2O.7O.3Sb/h;;;;5*1H2;;;;;;;;;;/q4*+1;;;;;;;;;4*-1;;+2;+3/p-5. The van der Waals surface area contributed by atoms with Gasteiger partial charge < -0.3 is 0 Å². The van der Waals surface area contributed by atoms with E-state index in [-0.39, 0.29) is 118 Å². The van der Waals surface area contributed by atoms with Crippen molar-refractivity contribution < 1.29 is 158 Å². The first-order valence-electron chi connectivity index (χ1n) is 2.28. The van der Waals surface area contributed by atoms with Gasteiger partial charge in [-0.1, -0.05) is 0 Å². The van der Waals surface area contributed by atoms with Crippen molar-refractivity contribution in [3.05, 3.63) is 0 Å². The van der Waals surface area contributed by atoms with Crippen LogP contribution < -0.4 is 132 Å². The quantitative estimate of drug-likeness (QED) is 0.153. The van der Waals surface area contributed by atoms with E-state index in [1.807, 2.05) is 0 Å². The van der Waals surface area contributed by atoms with E-state index in [0.717, 1.165) is 0 Å². The Labute approximate surface area is 212 Å². The Morgan fingerprint density at radius 3 is 0.579 bits per heavy atom. The number of hydrogen-bond donors (Lipinski definition) is 5. The van der Waals surface area contributed by atoms with Crippen LogP contribution in [0, 0.1) is 0 Å². The van der Waals surface area contributed by atoms with Gasteiger partial charge >= 0.3 is 218 Å². The zero-order valence-corrected chi connectivity index (χ0v) is 26.1. The molecule has 0 rings (SSSR count). The molecule has 5 N–H and O–H groups in total. The second-order valence-corrected chi connectivity index (χ2v) is 9.73. The molecule has 0 aliphatic rings. The third kappa shape index (κ3) is 360. The zero-order chi connectivity index (χ0) is 13.5. The van der Waals surface area contributed by atoms with E-state index in [0.29, 0.717) is 0 Å². The van der Waals surface area contributed by atoms with Gasteiger partial charge in [-0.25, -0.2) is 0 Å². The Kier molecular flexibility index (Phi) is 50.1. The zero-order valence-electron chi connectivity index (χ0n) is 10.4. The van der Waals surface area contributed by atoms with Crippen LogP contribution in [-0.4, -0.2) is 77.1 Å². The van der Waals surface area contributed by atoms with Crippen molar-refractivity contribution >= 4 is 60.2 Å². The summed E-state index contributed by atoms with van der Waals surface area (Å²) in [6.07, 6.45) is 0. The molecule has 0 spiro atoms. The van der Waals surface area contributed by atoms with Crippen LogP contribution in [0.1, 0.15) is 0 Å². The molecule has 0 unspecified atom stereocenters. The van der Waals surface area contributed by atoms with Crippen LogP contribution >= 0.6 is 0 Å². The molecule has 0 aliphatic heterocycles. The van der Waals surface area contributed by atoms with Crippen molar-refractivity contribution in [2.24, 2.45) is 0 Å². The van der Waals surface area contributed by atoms with Crippen LogP contribution in [0.15, 0.2) is 0 Å². The molecule has 0 aliphatic carbocycles. The minimum absolute atomic E-state index is 0. The molecular formula is H5Na4O12Sb3. The van der Waals surface area contributed by atoms with Crippen LogP contribution in [0.5, 0.6) is 0 Å². The molecule has 0 atom stereocenters. The average molecular weight is 654 g/mol. The van der Waals surface area contributed by atoms with E-state index in [9.17, 15) is 0 Å². The fraction of sp³-hybridized carbons (Fsp3) is 0. The minimum atomic E-state index is -6.10. The van der Waals surface area contributed by atoms with Crippen LogP contribution in [-0.2, 0) is 9.05 Å². The molecule has 0 aromatic rings. The summed E-state index contributed by atoms with van der Waals surface area (Å²) in [7, 11) is 0. The maximum absolute atomic E-state index is 8.97. The van der Waals surface area contributed by atoms with Gasteiger partial charge in [0.2, 0.25) is 0 Å². The molecule has 12 nitrogen and oxygen atoms in total. The van der Waals surface area contributed by atoms with Crippen molar-refractivity contribution in [2.45, 2.75) is 0 Å². The molecule has 0 saturated heterocycles. The number of hydrogen-bond acceptors (Lipinski definition) is 7. The molecule has 19 heavy (non-hydrogen) atoms. The third-order valence-electron chi connectivity index (χ3n) is 0. The summed E-state index contributed by atoms with van der Waals surface area (Å²) in [6.45, 7) is 0. The summed E-state index contributed by atoms with van der Waals surface area (Å²) in [5.41, 5.74) is 0. The molecule has 0 aromatic heterocycles. The SMILES string of the molecule is [Na+].[Na+].[Na+].[Na+].[O]=[Sb]([O-])([O-])[O-].[O]=[Sb]([O-])([OH])[OH].[O]=[Sb]([OH])([OH])[OH]. The molecule has 0 fully saturated rings. The van der Waals surface area contributed by atoms with Crippen molar-refractivity contribution in [1.29, 1.82) is 0 Å².